The summed E-state index contributed by atoms with van der Waals surface area (Å²) in [5.41, 5.74) is 0.457. The summed E-state index contributed by atoms with van der Waals surface area (Å²) in [7, 11) is 0. The molecule has 37 heavy (non-hydrogen) atoms. The molecule has 0 radical (unpaired) electrons. The Morgan fingerprint density at radius 1 is 1.08 bits per heavy atom. The highest BCUT2D eigenvalue weighted by atomic mass is 35.5. The average Bonchev–Trinajstić information content (AvgIpc) is 3.22. The monoisotopic (exact) mass is 528 g/mol. The predicted molar refractivity (Wildman–Crippen MR) is 138 cm³/mol. The first-order valence-corrected chi connectivity index (χ1v) is 12.1. The molecule has 0 spiro atoms. The van der Waals surface area contributed by atoms with E-state index in [4.69, 9.17) is 16.1 Å². The highest BCUT2D eigenvalue weighted by molar-refractivity contribution is 6.31. The van der Waals surface area contributed by atoms with Gasteiger partial charge >= 0.3 is 0 Å². The van der Waals surface area contributed by atoms with Crippen LogP contribution in [-0.4, -0.2) is 33.3 Å². The molecule has 1 aromatic heterocycles. The van der Waals surface area contributed by atoms with Gasteiger partial charge in [-0.2, -0.15) is 0 Å². The maximum absolute atomic E-state index is 13.6. The molecule has 0 aliphatic rings. The zero-order chi connectivity index (χ0) is 27.2. The zero-order valence-corrected chi connectivity index (χ0v) is 21.9. The molecule has 0 unspecified atom stereocenters. The Morgan fingerprint density at radius 3 is 2.35 bits per heavy atom. The van der Waals surface area contributed by atoms with Crippen LogP contribution in [0.25, 0.3) is 0 Å². The first kappa shape index (κ1) is 27.9. The van der Waals surface area contributed by atoms with Crippen molar-refractivity contribution in [3.63, 3.8) is 0 Å². The van der Waals surface area contributed by atoms with E-state index in [1.165, 1.54) is 17.0 Å². The molecule has 0 saturated carbocycles. The van der Waals surface area contributed by atoms with Crippen molar-refractivity contribution in [3.05, 3.63) is 82.3 Å². The second-order valence-corrected chi connectivity index (χ2v) is 10.1. The second kappa shape index (κ2) is 12.0. The van der Waals surface area contributed by atoms with Crippen molar-refractivity contribution in [3.8, 4) is 0 Å². The summed E-state index contributed by atoms with van der Waals surface area (Å²) in [4.78, 5) is 41.0. The van der Waals surface area contributed by atoms with Crippen molar-refractivity contribution in [1.82, 2.24) is 15.4 Å². The van der Waals surface area contributed by atoms with Gasteiger partial charge in [-0.1, -0.05) is 47.1 Å². The number of anilines is 1. The minimum Gasteiger partial charge on any atom is -0.360 e. The van der Waals surface area contributed by atoms with Crippen LogP contribution in [0.3, 0.4) is 0 Å². The largest absolute Gasteiger partial charge is 0.360 e. The Labute approximate surface area is 220 Å². The molecule has 0 saturated heterocycles. The van der Waals surface area contributed by atoms with E-state index in [0.29, 0.717) is 21.9 Å². The minimum atomic E-state index is -1.09. The van der Waals surface area contributed by atoms with Crippen LogP contribution in [0, 0.1) is 12.7 Å². The smallest absolute Gasteiger partial charge is 0.247 e. The number of benzene rings is 2. The Balaban J connectivity index is 1.92. The number of nitrogens with zero attached hydrogens (tertiary/aromatic N) is 2. The number of hydrogen-bond donors (Lipinski definition) is 2. The number of carbonyl (C=O) groups excluding carboxylic acids is 3. The molecule has 3 aromatic rings. The topological polar surface area (TPSA) is 105 Å². The molecule has 1 atom stereocenters. The Kier molecular flexibility index (Phi) is 9.04. The maximum Gasteiger partial charge on any atom is 0.247 e. The highest BCUT2D eigenvalue weighted by Gasteiger charge is 2.34. The first-order chi connectivity index (χ1) is 17.4. The van der Waals surface area contributed by atoms with E-state index in [2.05, 4.69) is 15.8 Å². The minimum absolute atomic E-state index is 0.00331. The van der Waals surface area contributed by atoms with Gasteiger partial charge in [0.05, 0.1) is 0 Å². The van der Waals surface area contributed by atoms with Gasteiger partial charge in [-0.25, -0.2) is 4.39 Å². The molecule has 10 heteroatoms. The van der Waals surface area contributed by atoms with Gasteiger partial charge in [0.1, 0.15) is 17.6 Å². The van der Waals surface area contributed by atoms with Crippen LogP contribution in [0.1, 0.15) is 56.5 Å². The normalized spacial score (nSPS) is 12.1. The SMILES string of the molecule is Cc1cc(NC(=O)CCC(=O)N(Cc2ccc(F)cc2)[C@H](C(=O)NC(C)(C)C)c2ccccc2Cl)no1. The lowest BCUT2D eigenvalue weighted by Crippen LogP contribution is -2.49. The van der Waals surface area contributed by atoms with Crippen molar-refractivity contribution in [1.29, 1.82) is 0 Å². The van der Waals surface area contributed by atoms with Crippen molar-refractivity contribution >= 4 is 35.1 Å². The van der Waals surface area contributed by atoms with Gasteiger partial charge in [-0.3, -0.25) is 14.4 Å². The Morgan fingerprint density at radius 2 is 1.76 bits per heavy atom. The van der Waals surface area contributed by atoms with E-state index in [9.17, 15) is 18.8 Å². The van der Waals surface area contributed by atoms with E-state index in [-0.39, 0.29) is 25.2 Å². The van der Waals surface area contributed by atoms with Crippen molar-refractivity contribution in [2.75, 3.05) is 5.32 Å². The molecule has 0 aliphatic heterocycles. The molecule has 3 rings (SSSR count). The van der Waals surface area contributed by atoms with Crippen LogP contribution in [0.5, 0.6) is 0 Å². The molecule has 1 heterocycles. The summed E-state index contributed by atoms with van der Waals surface area (Å²) in [5, 5.41) is 9.53. The number of carbonyl (C=O) groups is 3. The predicted octanol–water partition coefficient (Wildman–Crippen LogP) is 5.18. The summed E-state index contributed by atoms with van der Waals surface area (Å²) in [6.45, 7) is 7.18. The van der Waals surface area contributed by atoms with Crippen molar-refractivity contribution in [2.24, 2.45) is 0 Å². The number of amides is 3. The molecule has 2 aromatic carbocycles. The molecule has 8 nitrogen and oxygen atoms in total. The fourth-order valence-electron chi connectivity index (χ4n) is 3.69. The van der Waals surface area contributed by atoms with Crippen LogP contribution >= 0.6 is 11.6 Å². The number of nitrogens with one attached hydrogen (secondary N) is 2. The van der Waals surface area contributed by atoms with Crippen LogP contribution < -0.4 is 10.6 Å². The molecule has 0 aliphatic carbocycles. The van der Waals surface area contributed by atoms with E-state index in [0.717, 1.165) is 0 Å². The lowest BCUT2D eigenvalue weighted by atomic mass is 10.00. The van der Waals surface area contributed by atoms with Gasteiger partial charge in [-0.05, 0) is 51.5 Å². The van der Waals surface area contributed by atoms with E-state index in [1.54, 1.807) is 49.4 Å². The lowest BCUT2D eigenvalue weighted by molar-refractivity contribution is -0.142. The van der Waals surface area contributed by atoms with Gasteiger partial charge in [0.2, 0.25) is 17.7 Å². The zero-order valence-electron chi connectivity index (χ0n) is 21.2. The number of rotatable bonds is 9. The van der Waals surface area contributed by atoms with Gasteiger partial charge < -0.3 is 20.1 Å². The van der Waals surface area contributed by atoms with E-state index >= 15 is 0 Å². The fourth-order valence-corrected chi connectivity index (χ4v) is 3.93. The van der Waals surface area contributed by atoms with Gasteiger partial charge in [0, 0.05) is 41.6 Å². The quantitative estimate of drug-likeness (QED) is 0.398. The molecule has 2 N–H and O–H groups in total. The summed E-state index contributed by atoms with van der Waals surface area (Å²) in [6, 6.07) is 12.9. The molecule has 0 fully saturated rings. The lowest BCUT2D eigenvalue weighted by Gasteiger charge is -2.34. The third-order valence-electron chi connectivity index (χ3n) is 5.31. The fraction of sp³-hybridized carbons (Fsp3) is 0.333. The summed E-state index contributed by atoms with van der Waals surface area (Å²) >= 11 is 6.48. The molecular weight excluding hydrogens is 499 g/mol. The third kappa shape index (κ3) is 8.15. The third-order valence-corrected chi connectivity index (χ3v) is 5.65. The number of halogens is 2. The Hall–Kier alpha value is -3.72. The molecule has 3 amide bonds. The van der Waals surface area contributed by atoms with Crippen LogP contribution in [0.15, 0.2) is 59.1 Å². The molecule has 0 bridgehead atoms. The second-order valence-electron chi connectivity index (χ2n) is 9.68. The molecular formula is C27H30ClFN4O4. The maximum atomic E-state index is 13.6. The number of hydrogen-bond acceptors (Lipinski definition) is 5. The summed E-state index contributed by atoms with van der Waals surface area (Å²) < 4.78 is 18.5. The summed E-state index contributed by atoms with van der Waals surface area (Å²) in [5.74, 6) is -0.962. The van der Waals surface area contributed by atoms with Gasteiger partial charge in [0.15, 0.2) is 5.82 Å². The standard InChI is InChI=1S/C27H30ClFN4O4/c1-17-15-22(32-37-17)30-23(34)13-14-24(35)33(16-18-9-11-19(29)12-10-18)25(26(36)31-27(2,3)4)20-7-5-6-8-21(20)28/h5-12,15,25H,13-14,16H2,1-4H3,(H,31,36)(H,30,32,34)/t25-/m0/s1. The van der Waals surface area contributed by atoms with E-state index in [1.807, 2.05) is 20.8 Å². The van der Waals surface area contributed by atoms with Crippen LogP contribution in [0.4, 0.5) is 10.2 Å². The molecule has 196 valence electrons. The van der Waals surface area contributed by atoms with Crippen molar-refractivity contribution < 1.29 is 23.3 Å². The van der Waals surface area contributed by atoms with Crippen LogP contribution in [-0.2, 0) is 20.9 Å². The number of aromatic nitrogens is 1. The van der Waals surface area contributed by atoms with E-state index < -0.39 is 35.1 Å². The Bertz CT molecular complexity index is 1250. The van der Waals surface area contributed by atoms with Crippen molar-refractivity contribution in [2.45, 2.75) is 58.7 Å². The van der Waals surface area contributed by atoms with Gasteiger partial charge in [-0.15, -0.1) is 0 Å². The van der Waals surface area contributed by atoms with Crippen LogP contribution in [0.2, 0.25) is 5.02 Å². The first-order valence-electron chi connectivity index (χ1n) is 11.8. The highest BCUT2D eigenvalue weighted by Crippen LogP contribution is 2.31. The summed E-state index contributed by atoms with van der Waals surface area (Å²) in [6.07, 6.45) is -0.339. The number of aryl methyl sites for hydroxylation is 1. The average molecular weight is 529 g/mol. The van der Waals surface area contributed by atoms with Gasteiger partial charge in [0.25, 0.3) is 0 Å².